The Morgan fingerprint density at radius 1 is 1.18 bits per heavy atom. The summed E-state index contributed by atoms with van der Waals surface area (Å²) >= 11 is 0. The van der Waals surface area contributed by atoms with E-state index in [0.717, 1.165) is 37.5 Å². The van der Waals surface area contributed by atoms with Gasteiger partial charge in [-0.3, -0.25) is 0 Å². The predicted molar refractivity (Wildman–Crippen MR) is 103 cm³/mol. The number of nitrogens with zero attached hydrogens (tertiary/aromatic N) is 7. The van der Waals surface area contributed by atoms with E-state index < -0.39 is 5.97 Å². The van der Waals surface area contributed by atoms with Gasteiger partial charge in [0, 0.05) is 38.6 Å². The fourth-order valence-corrected chi connectivity index (χ4v) is 3.79. The van der Waals surface area contributed by atoms with Crippen molar-refractivity contribution >= 4 is 17.3 Å². The SMILES string of the molecule is CN1CCN(c2cc(C3CC3)cn3cc(Cn4cc(C(=O)O)nn4)nc23)CC1. The van der Waals surface area contributed by atoms with Crippen LogP contribution < -0.4 is 4.90 Å². The number of carbonyl (C=O) groups is 1. The molecule has 0 atom stereocenters. The zero-order valence-electron chi connectivity index (χ0n) is 15.8. The maximum Gasteiger partial charge on any atom is 0.358 e. The summed E-state index contributed by atoms with van der Waals surface area (Å²) < 4.78 is 3.63. The molecule has 1 saturated heterocycles. The topological polar surface area (TPSA) is 91.8 Å². The van der Waals surface area contributed by atoms with Crippen LogP contribution in [0.2, 0.25) is 0 Å². The van der Waals surface area contributed by atoms with Crippen molar-refractivity contribution in [3.8, 4) is 0 Å². The van der Waals surface area contributed by atoms with E-state index in [1.54, 1.807) is 0 Å². The molecule has 146 valence electrons. The number of fused-ring (bicyclic) bond motifs is 1. The summed E-state index contributed by atoms with van der Waals surface area (Å²) in [7, 11) is 2.16. The van der Waals surface area contributed by atoms with Crippen LogP contribution in [0.3, 0.4) is 0 Å². The zero-order chi connectivity index (χ0) is 19.3. The van der Waals surface area contributed by atoms with Crippen molar-refractivity contribution in [3.63, 3.8) is 0 Å². The monoisotopic (exact) mass is 381 g/mol. The van der Waals surface area contributed by atoms with Crippen LogP contribution in [0.5, 0.6) is 0 Å². The van der Waals surface area contributed by atoms with Gasteiger partial charge in [0.15, 0.2) is 11.3 Å². The third kappa shape index (κ3) is 3.22. The Morgan fingerprint density at radius 2 is 1.96 bits per heavy atom. The molecule has 4 heterocycles. The van der Waals surface area contributed by atoms with Gasteiger partial charge in [-0.25, -0.2) is 14.5 Å². The summed E-state index contributed by atoms with van der Waals surface area (Å²) in [5.74, 6) is -0.414. The maximum atomic E-state index is 11.0. The van der Waals surface area contributed by atoms with Gasteiger partial charge in [0.25, 0.3) is 0 Å². The summed E-state index contributed by atoms with van der Waals surface area (Å²) in [5, 5.41) is 16.6. The highest BCUT2D eigenvalue weighted by Gasteiger charge is 2.27. The molecule has 1 aliphatic carbocycles. The number of likely N-dealkylation sites (N-methyl/N-ethyl adjacent to an activating group) is 1. The van der Waals surface area contributed by atoms with Gasteiger partial charge in [0.05, 0.1) is 24.1 Å². The molecule has 1 saturated carbocycles. The van der Waals surface area contributed by atoms with E-state index in [0.29, 0.717) is 12.5 Å². The molecular formula is C19H23N7O2. The number of rotatable bonds is 5. The van der Waals surface area contributed by atoms with Crippen molar-refractivity contribution in [2.45, 2.75) is 25.3 Å². The minimum Gasteiger partial charge on any atom is -0.476 e. The summed E-state index contributed by atoms with van der Waals surface area (Å²) in [5.41, 5.74) is 4.29. The zero-order valence-corrected chi connectivity index (χ0v) is 15.8. The van der Waals surface area contributed by atoms with Crippen LogP contribution in [-0.4, -0.2) is 73.6 Å². The van der Waals surface area contributed by atoms with Crippen molar-refractivity contribution in [3.05, 3.63) is 41.6 Å². The molecule has 9 nitrogen and oxygen atoms in total. The molecule has 1 aliphatic heterocycles. The lowest BCUT2D eigenvalue weighted by Crippen LogP contribution is -2.44. The highest BCUT2D eigenvalue weighted by atomic mass is 16.4. The fraction of sp³-hybridized carbons (Fsp3) is 0.474. The Bertz CT molecular complexity index is 1030. The lowest BCUT2D eigenvalue weighted by atomic mass is 10.1. The van der Waals surface area contributed by atoms with Crippen molar-refractivity contribution < 1.29 is 9.90 Å². The maximum absolute atomic E-state index is 11.0. The van der Waals surface area contributed by atoms with E-state index in [4.69, 9.17) is 10.1 Å². The van der Waals surface area contributed by atoms with Gasteiger partial charge in [-0.2, -0.15) is 0 Å². The van der Waals surface area contributed by atoms with Crippen LogP contribution in [0.25, 0.3) is 5.65 Å². The Balaban J connectivity index is 1.50. The Hall–Kier alpha value is -2.94. The van der Waals surface area contributed by atoms with Crippen molar-refractivity contribution in [1.29, 1.82) is 0 Å². The number of imidazole rings is 1. The molecule has 2 fully saturated rings. The number of aromatic carboxylic acids is 1. The third-order valence-corrected chi connectivity index (χ3v) is 5.58. The van der Waals surface area contributed by atoms with E-state index in [1.165, 1.54) is 35.0 Å². The van der Waals surface area contributed by atoms with Gasteiger partial charge in [-0.05, 0) is 37.4 Å². The largest absolute Gasteiger partial charge is 0.476 e. The first-order valence-corrected chi connectivity index (χ1v) is 9.65. The number of pyridine rings is 1. The van der Waals surface area contributed by atoms with Crippen LogP contribution in [0.4, 0.5) is 5.69 Å². The number of anilines is 1. The van der Waals surface area contributed by atoms with Gasteiger partial charge < -0.3 is 19.3 Å². The van der Waals surface area contributed by atoms with Gasteiger partial charge in [0.1, 0.15) is 0 Å². The normalized spacial score (nSPS) is 18.1. The van der Waals surface area contributed by atoms with Crippen LogP contribution >= 0.6 is 0 Å². The fourth-order valence-electron chi connectivity index (χ4n) is 3.79. The molecule has 0 unspecified atom stereocenters. The minimum atomic E-state index is -1.08. The molecule has 0 radical (unpaired) electrons. The first kappa shape index (κ1) is 17.2. The lowest BCUT2D eigenvalue weighted by Gasteiger charge is -2.34. The molecule has 3 aromatic rings. The Labute approximate surface area is 162 Å². The second-order valence-corrected chi connectivity index (χ2v) is 7.79. The van der Waals surface area contributed by atoms with Crippen LogP contribution in [0, 0.1) is 0 Å². The average Bonchev–Trinajstić information content (AvgIpc) is 3.28. The number of carboxylic acid groups (broad SMARTS) is 1. The summed E-state index contributed by atoms with van der Waals surface area (Å²) in [6.07, 6.45) is 8.15. The minimum absolute atomic E-state index is 0.0575. The van der Waals surface area contributed by atoms with Crippen LogP contribution in [0.15, 0.2) is 24.7 Å². The molecular weight excluding hydrogens is 358 g/mol. The average molecular weight is 381 g/mol. The second kappa shape index (κ2) is 6.59. The molecule has 3 aromatic heterocycles. The van der Waals surface area contributed by atoms with E-state index >= 15 is 0 Å². The predicted octanol–water partition coefficient (Wildman–Crippen LogP) is 1.30. The van der Waals surface area contributed by atoms with Crippen molar-refractivity contribution in [2.24, 2.45) is 0 Å². The van der Waals surface area contributed by atoms with Gasteiger partial charge in [-0.1, -0.05) is 5.21 Å². The molecule has 28 heavy (non-hydrogen) atoms. The van der Waals surface area contributed by atoms with Crippen LogP contribution in [0.1, 0.15) is 40.5 Å². The van der Waals surface area contributed by atoms with Gasteiger partial charge in [0.2, 0.25) is 0 Å². The molecule has 0 spiro atoms. The molecule has 2 aliphatic rings. The number of hydrogen-bond acceptors (Lipinski definition) is 6. The highest BCUT2D eigenvalue weighted by molar-refractivity contribution is 5.84. The van der Waals surface area contributed by atoms with Gasteiger partial charge >= 0.3 is 5.97 Å². The standard InChI is InChI=1S/C19H23N7O2/c1-23-4-6-24(7-5-23)17-8-14(13-2-3-13)9-25-10-15(20-18(17)25)11-26-12-16(19(27)28)21-22-26/h8-10,12-13H,2-7,11H2,1H3,(H,27,28). The summed E-state index contributed by atoms with van der Waals surface area (Å²) in [4.78, 5) is 20.6. The van der Waals surface area contributed by atoms with Crippen molar-refractivity contribution in [2.75, 3.05) is 38.1 Å². The smallest absolute Gasteiger partial charge is 0.358 e. The van der Waals surface area contributed by atoms with E-state index in [1.807, 2.05) is 6.20 Å². The number of hydrogen-bond donors (Lipinski definition) is 1. The van der Waals surface area contributed by atoms with E-state index in [2.05, 4.69) is 43.8 Å². The number of carboxylic acids is 1. The number of aromatic nitrogens is 5. The first-order valence-electron chi connectivity index (χ1n) is 9.65. The lowest BCUT2D eigenvalue weighted by molar-refractivity contribution is 0.0690. The Morgan fingerprint density at radius 3 is 2.64 bits per heavy atom. The second-order valence-electron chi connectivity index (χ2n) is 7.79. The molecule has 1 N–H and O–H groups in total. The van der Waals surface area contributed by atoms with Gasteiger partial charge in [-0.15, -0.1) is 5.10 Å². The van der Waals surface area contributed by atoms with Crippen molar-refractivity contribution in [1.82, 2.24) is 29.3 Å². The molecule has 0 amide bonds. The van der Waals surface area contributed by atoms with E-state index in [-0.39, 0.29) is 5.69 Å². The molecule has 5 rings (SSSR count). The third-order valence-electron chi connectivity index (χ3n) is 5.58. The quantitative estimate of drug-likeness (QED) is 0.712. The first-order chi connectivity index (χ1) is 13.6. The molecule has 0 aromatic carbocycles. The van der Waals surface area contributed by atoms with E-state index in [9.17, 15) is 4.79 Å². The number of piperazine rings is 1. The Kier molecular flexibility index (Phi) is 4.04. The summed E-state index contributed by atoms with van der Waals surface area (Å²) in [6, 6.07) is 2.31. The molecule has 9 heteroatoms. The highest BCUT2D eigenvalue weighted by Crippen LogP contribution is 2.41. The molecule has 0 bridgehead atoms. The van der Waals surface area contributed by atoms with Crippen LogP contribution in [-0.2, 0) is 6.54 Å². The summed E-state index contributed by atoms with van der Waals surface area (Å²) in [6.45, 7) is 4.47.